The number of nitrogens with zero attached hydrogens (tertiary/aromatic N) is 3. The van der Waals surface area contributed by atoms with Crippen molar-refractivity contribution in [2.24, 2.45) is 0 Å². The summed E-state index contributed by atoms with van der Waals surface area (Å²) in [6.07, 6.45) is 0. The third-order valence-corrected chi connectivity index (χ3v) is 2.58. The highest BCUT2D eigenvalue weighted by molar-refractivity contribution is 6.16. The summed E-state index contributed by atoms with van der Waals surface area (Å²) in [6, 6.07) is 4.58. The van der Waals surface area contributed by atoms with E-state index in [1.807, 2.05) is 6.92 Å². The normalized spacial score (nSPS) is 10.5. The lowest BCUT2D eigenvalue weighted by molar-refractivity contribution is -0.384. The van der Waals surface area contributed by atoms with Gasteiger partial charge in [0.1, 0.15) is 5.82 Å². The average molecular weight is 253 g/mol. The number of hydrogen-bond donors (Lipinski definition) is 1. The SMILES string of the molecule is Cc1ccc([N+](=O)[O-])cc1-c1n[nH]c(CCl)n1. The lowest BCUT2D eigenvalue weighted by Crippen LogP contribution is -1.91. The van der Waals surface area contributed by atoms with Crippen LogP contribution in [0.25, 0.3) is 11.4 Å². The molecule has 1 N–H and O–H groups in total. The highest BCUT2D eigenvalue weighted by Gasteiger charge is 2.13. The Labute approximate surface area is 102 Å². The van der Waals surface area contributed by atoms with Gasteiger partial charge in [-0.2, -0.15) is 5.10 Å². The topological polar surface area (TPSA) is 84.7 Å². The van der Waals surface area contributed by atoms with Gasteiger partial charge in [0.2, 0.25) is 0 Å². The predicted molar refractivity (Wildman–Crippen MR) is 62.8 cm³/mol. The van der Waals surface area contributed by atoms with E-state index in [4.69, 9.17) is 11.6 Å². The molecular weight excluding hydrogens is 244 g/mol. The Morgan fingerprint density at radius 2 is 2.29 bits per heavy atom. The molecule has 1 aromatic carbocycles. The van der Waals surface area contributed by atoms with Gasteiger partial charge in [-0.15, -0.1) is 11.6 Å². The van der Waals surface area contributed by atoms with E-state index in [2.05, 4.69) is 15.2 Å². The first kappa shape index (κ1) is 11.5. The molecule has 7 heteroatoms. The molecule has 0 radical (unpaired) electrons. The Morgan fingerprint density at radius 3 is 2.88 bits per heavy atom. The number of aromatic nitrogens is 3. The second-order valence-electron chi connectivity index (χ2n) is 3.50. The van der Waals surface area contributed by atoms with Crippen LogP contribution < -0.4 is 0 Å². The van der Waals surface area contributed by atoms with Gasteiger partial charge in [-0.05, 0) is 12.5 Å². The minimum Gasteiger partial charge on any atom is -0.262 e. The van der Waals surface area contributed by atoms with Crippen molar-refractivity contribution in [3.8, 4) is 11.4 Å². The van der Waals surface area contributed by atoms with E-state index < -0.39 is 4.92 Å². The van der Waals surface area contributed by atoms with Crippen molar-refractivity contribution in [2.75, 3.05) is 0 Å². The molecule has 0 saturated heterocycles. The molecule has 2 aromatic rings. The van der Waals surface area contributed by atoms with Gasteiger partial charge in [-0.1, -0.05) is 6.07 Å². The lowest BCUT2D eigenvalue weighted by atomic mass is 10.1. The molecule has 17 heavy (non-hydrogen) atoms. The fraction of sp³-hybridized carbons (Fsp3) is 0.200. The van der Waals surface area contributed by atoms with E-state index in [1.165, 1.54) is 12.1 Å². The molecule has 0 fully saturated rings. The Kier molecular flexibility index (Phi) is 3.06. The number of halogens is 1. The summed E-state index contributed by atoms with van der Waals surface area (Å²) in [6.45, 7) is 1.84. The van der Waals surface area contributed by atoms with Crippen LogP contribution in [0.5, 0.6) is 0 Å². The number of nitro groups is 1. The fourth-order valence-electron chi connectivity index (χ4n) is 1.44. The molecule has 0 bridgehead atoms. The molecule has 0 unspecified atom stereocenters. The van der Waals surface area contributed by atoms with Crippen LogP contribution in [0.3, 0.4) is 0 Å². The number of nitrogens with one attached hydrogen (secondary N) is 1. The molecule has 0 saturated carbocycles. The molecule has 2 rings (SSSR count). The minimum absolute atomic E-state index is 0.0165. The summed E-state index contributed by atoms with van der Waals surface area (Å²) >= 11 is 5.61. The molecule has 0 atom stereocenters. The van der Waals surface area contributed by atoms with E-state index in [9.17, 15) is 10.1 Å². The Bertz CT molecular complexity index is 567. The number of rotatable bonds is 3. The van der Waals surface area contributed by atoms with Gasteiger partial charge >= 0.3 is 0 Å². The first-order chi connectivity index (χ1) is 8.11. The number of hydrogen-bond acceptors (Lipinski definition) is 4. The number of H-pyrrole nitrogens is 1. The Morgan fingerprint density at radius 1 is 1.53 bits per heavy atom. The third kappa shape index (κ3) is 2.26. The monoisotopic (exact) mass is 252 g/mol. The first-order valence-corrected chi connectivity index (χ1v) is 5.38. The van der Waals surface area contributed by atoms with Crippen molar-refractivity contribution in [1.82, 2.24) is 15.2 Å². The maximum absolute atomic E-state index is 10.7. The van der Waals surface area contributed by atoms with Gasteiger partial charge in [0.05, 0.1) is 10.8 Å². The van der Waals surface area contributed by atoms with Crippen LogP contribution in [0.2, 0.25) is 0 Å². The maximum Gasteiger partial charge on any atom is 0.270 e. The second kappa shape index (κ2) is 4.50. The van der Waals surface area contributed by atoms with Crippen LogP contribution in [0.15, 0.2) is 18.2 Å². The van der Waals surface area contributed by atoms with E-state index in [0.29, 0.717) is 17.2 Å². The average Bonchev–Trinajstić information content (AvgIpc) is 2.77. The largest absolute Gasteiger partial charge is 0.270 e. The summed E-state index contributed by atoms with van der Waals surface area (Å²) in [5.41, 5.74) is 1.52. The molecule has 0 aliphatic carbocycles. The zero-order valence-corrected chi connectivity index (χ0v) is 9.73. The number of aryl methyl sites for hydroxylation is 1. The van der Waals surface area contributed by atoms with Gasteiger partial charge < -0.3 is 0 Å². The third-order valence-electron chi connectivity index (χ3n) is 2.33. The minimum atomic E-state index is -0.446. The van der Waals surface area contributed by atoms with Crippen molar-refractivity contribution >= 4 is 17.3 Å². The highest BCUT2D eigenvalue weighted by atomic mass is 35.5. The Balaban J connectivity index is 2.49. The number of benzene rings is 1. The van der Waals surface area contributed by atoms with Crippen LogP contribution >= 0.6 is 11.6 Å². The lowest BCUT2D eigenvalue weighted by Gasteiger charge is -2.00. The smallest absolute Gasteiger partial charge is 0.262 e. The fourth-order valence-corrected chi connectivity index (χ4v) is 1.56. The summed E-state index contributed by atoms with van der Waals surface area (Å²) in [7, 11) is 0. The second-order valence-corrected chi connectivity index (χ2v) is 3.76. The van der Waals surface area contributed by atoms with Crippen molar-refractivity contribution < 1.29 is 4.92 Å². The first-order valence-electron chi connectivity index (χ1n) is 4.84. The van der Waals surface area contributed by atoms with Gasteiger partial charge in [0.25, 0.3) is 5.69 Å². The van der Waals surface area contributed by atoms with Gasteiger partial charge in [0, 0.05) is 17.7 Å². The van der Waals surface area contributed by atoms with Gasteiger partial charge in [-0.25, -0.2) is 4.98 Å². The molecule has 6 nitrogen and oxygen atoms in total. The summed E-state index contributed by atoms with van der Waals surface area (Å²) < 4.78 is 0. The van der Waals surface area contributed by atoms with Crippen LogP contribution in [0, 0.1) is 17.0 Å². The van der Waals surface area contributed by atoms with Crippen LogP contribution in [0.1, 0.15) is 11.4 Å². The van der Waals surface area contributed by atoms with Gasteiger partial charge in [0.15, 0.2) is 5.82 Å². The summed E-state index contributed by atoms with van der Waals surface area (Å²) in [5, 5.41) is 17.3. The summed E-state index contributed by atoms with van der Waals surface area (Å²) in [5.74, 6) is 1.18. The van der Waals surface area contributed by atoms with E-state index in [-0.39, 0.29) is 11.6 Å². The molecule has 0 aliphatic heterocycles. The highest BCUT2D eigenvalue weighted by Crippen LogP contribution is 2.24. The number of non-ortho nitro benzene ring substituents is 1. The van der Waals surface area contributed by atoms with Crippen molar-refractivity contribution in [3.05, 3.63) is 39.7 Å². The molecule has 88 valence electrons. The maximum atomic E-state index is 10.7. The molecule has 0 aliphatic rings. The summed E-state index contributed by atoms with van der Waals surface area (Å²) in [4.78, 5) is 14.4. The van der Waals surface area contributed by atoms with E-state index in [1.54, 1.807) is 6.07 Å². The zero-order valence-electron chi connectivity index (χ0n) is 8.98. The number of nitro benzene ring substituents is 1. The van der Waals surface area contributed by atoms with Crippen LogP contribution in [-0.4, -0.2) is 20.1 Å². The zero-order chi connectivity index (χ0) is 12.4. The molecular formula is C10H9ClN4O2. The van der Waals surface area contributed by atoms with E-state index in [0.717, 1.165) is 5.56 Å². The molecule has 1 aromatic heterocycles. The number of aromatic amines is 1. The van der Waals surface area contributed by atoms with Crippen molar-refractivity contribution in [1.29, 1.82) is 0 Å². The van der Waals surface area contributed by atoms with Gasteiger partial charge in [-0.3, -0.25) is 15.2 Å². The van der Waals surface area contributed by atoms with Crippen molar-refractivity contribution in [2.45, 2.75) is 12.8 Å². The predicted octanol–water partition coefficient (Wildman–Crippen LogP) is 2.43. The molecule has 1 heterocycles. The quantitative estimate of drug-likeness (QED) is 0.516. The molecule has 0 spiro atoms. The van der Waals surface area contributed by atoms with E-state index >= 15 is 0 Å². The Hall–Kier alpha value is -1.95. The van der Waals surface area contributed by atoms with Crippen LogP contribution in [-0.2, 0) is 5.88 Å². The van der Waals surface area contributed by atoms with Crippen LogP contribution in [0.4, 0.5) is 5.69 Å². The number of alkyl halides is 1. The van der Waals surface area contributed by atoms with Crippen molar-refractivity contribution in [3.63, 3.8) is 0 Å². The molecule has 0 amide bonds. The standard InChI is InChI=1S/C10H9ClN4O2/c1-6-2-3-7(15(16)17)4-8(6)10-12-9(5-11)13-14-10/h2-4H,5H2,1H3,(H,12,13,14).